The molecule has 1 atom stereocenters. The number of hydrogen-bond donors (Lipinski definition) is 2. The average Bonchev–Trinajstić information content (AvgIpc) is 2.60. The zero-order chi connectivity index (χ0) is 11.0. The molecule has 82 valence electrons. The van der Waals surface area contributed by atoms with Gasteiger partial charge in [0, 0.05) is 32.2 Å². The Kier molecular flexibility index (Phi) is 2.36. The Balaban J connectivity index is 2.38. The monoisotopic (exact) mass is 210 g/mol. The van der Waals surface area contributed by atoms with E-state index in [1.165, 1.54) is 13.1 Å². The molecule has 0 aromatic carbocycles. The van der Waals surface area contributed by atoms with Crippen LogP contribution in [0.4, 0.5) is 5.82 Å². The molecule has 2 heterocycles. The lowest BCUT2D eigenvalue weighted by Crippen LogP contribution is -2.35. The van der Waals surface area contributed by atoms with Gasteiger partial charge in [0.2, 0.25) is 0 Å². The van der Waals surface area contributed by atoms with Gasteiger partial charge in [-0.25, -0.2) is 4.79 Å². The second kappa shape index (κ2) is 3.54. The molecular formula is C9H14N4O2. The summed E-state index contributed by atoms with van der Waals surface area (Å²) in [6.07, 6.45) is 0.886. The van der Waals surface area contributed by atoms with E-state index in [1.807, 2.05) is 4.90 Å². The van der Waals surface area contributed by atoms with Crippen molar-refractivity contribution in [3.63, 3.8) is 0 Å². The van der Waals surface area contributed by atoms with Crippen LogP contribution in [-0.4, -0.2) is 28.7 Å². The Hall–Kier alpha value is -1.56. The van der Waals surface area contributed by atoms with Crippen LogP contribution in [0.1, 0.15) is 6.42 Å². The molecule has 1 unspecified atom stereocenters. The highest BCUT2D eigenvalue weighted by atomic mass is 16.2. The van der Waals surface area contributed by atoms with Crippen LogP contribution in [-0.2, 0) is 7.05 Å². The van der Waals surface area contributed by atoms with Gasteiger partial charge in [-0.1, -0.05) is 0 Å². The Bertz CT molecular complexity index is 444. The number of nitrogens with one attached hydrogen (secondary N) is 1. The number of aromatic amines is 1. The van der Waals surface area contributed by atoms with Crippen LogP contribution in [0.2, 0.25) is 0 Å². The third-order valence-corrected chi connectivity index (χ3v) is 2.70. The largest absolute Gasteiger partial charge is 0.356 e. The first-order valence-electron chi connectivity index (χ1n) is 4.89. The van der Waals surface area contributed by atoms with Gasteiger partial charge >= 0.3 is 5.69 Å². The van der Waals surface area contributed by atoms with Crippen LogP contribution in [0.15, 0.2) is 15.7 Å². The number of rotatable bonds is 1. The summed E-state index contributed by atoms with van der Waals surface area (Å²) in [5.74, 6) is 0.566. The fourth-order valence-electron chi connectivity index (χ4n) is 1.72. The van der Waals surface area contributed by atoms with Crippen molar-refractivity contribution in [3.05, 3.63) is 26.9 Å². The van der Waals surface area contributed by atoms with Crippen molar-refractivity contribution in [2.45, 2.75) is 12.5 Å². The molecule has 1 aliphatic rings. The lowest BCUT2D eigenvalue weighted by molar-refractivity contribution is 0.744. The van der Waals surface area contributed by atoms with Crippen LogP contribution in [0, 0.1) is 0 Å². The topological polar surface area (TPSA) is 84.1 Å². The first-order valence-corrected chi connectivity index (χ1v) is 4.89. The molecule has 0 spiro atoms. The molecule has 3 N–H and O–H groups in total. The van der Waals surface area contributed by atoms with Crippen LogP contribution < -0.4 is 21.9 Å². The SMILES string of the molecule is Cn1c(=O)cc(N2CCC(N)C2)[nH]c1=O. The molecule has 2 rings (SSSR count). The van der Waals surface area contributed by atoms with Crippen molar-refractivity contribution in [3.8, 4) is 0 Å². The van der Waals surface area contributed by atoms with Gasteiger partial charge in [-0.15, -0.1) is 0 Å². The molecular weight excluding hydrogens is 196 g/mol. The van der Waals surface area contributed by atoms with Gasteiger partial charge in [0.1, 0.15) is 5.82 Å². The van der Waals surface area contributed by atoms with Gasteiger partial charge in [0.05, 0.1) is 0 Å². The highest BCUT2D eigenvalue weighted by Gasteiger charge is 2.20. The minimum Gasteiger partial charge on any atom is -0.356 e. The second-order valence-electron chi connectivity index (χ2n) is 3.85. The minimum atomic E-state index is -0.391. The van der Waals surface area contributed by atoms with Gasteiger partial charge in [-0.3, -0.25) is 14.3 Å². The molecule has 15 heavy (non-hydrogen) atoms. The third kappa shape index (κ3) is 1.80. The fraction of sp³-hybridized carbons (Fsp3) is 0.556. The molecule has 1 fully saturated rings. The van der Waals surface area contributed by atoms with E-state index in [0.29, 0.717) is 12.4 Å². The first kappa shape index (κ1) is 9.97. The lowest BCUT2D eigenvalue weighted by atomic mass is 10.3. The summed E-state index contributed by atoms with van der Waals surface area (Å²) in [5, 5.41) is 0. The van der Waals surface area contributed by atoms with E-state index in [4.69, 9.17) is 5.73 Å². The van der Waals surface area contributed by atoms with Gasteiger partial charge < -0.3 is 10.6 Å². The molecule has 0 aliphatic carbocycles. The van der Waals surface area contributed by atoms with Crippen molar-refractivity contribution in [1.82, 2.24) is 9.55 Å². The summed E-state index contributed by atoms with van der Waals surface area (Å²) >= 11 is 0. The minimum absolute atomic E-state index is 0.123. The summed E-state index contributed by atoms with van der Waals surface area (Å²) in [7, 11) is 1.45. The molecule has 6 heteroatoms. The maximum Gasteiger partial charge on any atom is 0.329 e. The molecule has 1 saturated heterocycles. The molecule has 0 bridgehead atoms. The number of anilines is 1. The number of aromatic nitrogens is 2. The second-order valence-corrected chi connectivity index (χ2v) is 3.85. The van der Waals surface area contributed by atoms with Gasteiger partial charge in [-0.2, -0.15) is 0 Å². The fourth-order valence-corrected chi connectivity index (χ4v) is 1.72. The molecule has 0 radical (unpaired) electrons. The summed E-state index contributed by atoms with van der Waals surface area (Å²) < 4.78 is 1.04. The quantitative estimate of drug-likeness (QED) is 0.598. The van der Waals surface area contributed by atoms with E-state index in [1.54, 1.807) is 0 Å². The standard InChI is InChI=1S/C9H14N4O2/c1-12-8(14)4-7(11-9(12)15)13-3-2-6(10)5-13/h4,6H,2-3,5,10H2,1H3,(H,11,15). The molecule has 0 saturated carbocycles. The van der Waals surface area contributed by atoms with Crippen molar-refractivity contribution in [1.29, 1.82) is 0 Å². The normalized spacial score (nSPS) is 20.9. The molecule has 6 nitrogen and oxygen atoms in total. The zero-order valence-electron chi connectivity index (χ0n) is 8.56. The van der Waals surface area contributed by atoms with Crippen LogP contribution in [0.3, 0.4) is 0 Å². The summed E-state index contributed by atoms with van der Waals surface area (Å²) in [5.41, 5.74) is 5.06. The Labute approximate surface area is 86.3 Å². The molecule has 1 aromatic heterocycles. The van der Waals surface area contributed by atoms with E-state index in [2.05, 4.69) is 4.98 Å². The van der Waals surface area contributed by atoms with Crippen molar-refractivity contribution in [2.75, 3.05) is 18.0 Å². The van der Waals surface area contributed by atoms with Gasteiger partial charge in [0.15, 0.2) is 0 Å². The van der Waals surface area contributed by atoms with Crippen LogP contribution >= 0.6 is 0 Å². The average molecular weight is 210 g/mol. The smallest absolute Gasteiger partial charge is 0.329 e. The maximum absolute atomic E-state index is 11.4. The molecule has 0 amide bonds. The predicted octanol–water partition coefficient (Wildman–Crippen LogP) is -1.39. The summed E-state index contributed by atoms with van der Waals surface area (Å²) in [6, 6.07) is 1.55. The van der Waals surface area contributed by atoms with E-state index < -0.39 is 5.69 Å². The number of H-pyrrole nitrogens is 1. The van der Waals surface area contributed by atoms with E-state index >= 15 is 0 Å². The summed E-state index contributed by atoms with van der Waals surface area (Å²) in [4.78, 5) is 27.3. The van der Waals surface area contributed by atoms with E-state index in [9.17, 15) is 9.59 Å². The molecule has 1 aliphatic heterocycles. The predicted molar refractivity (Wildman–Crippen MR) is 57.1 cm³/mol. The highest BCUT2D eigenvalue weighted by Crippen LogP contribution is 2.13. The Morgan fingerprint density at radius 3 is 2.80 bits per heavy atom. The van der Waals surface area contributed by atoms with Crippen molar-refractivity contribution < 1.29 is 0 Å². The van der Waals surface area contributed by atoms with Crippen LogP contribution in [0.5, 0.6) is 0 Å². The number of hydrogen-bond acceptors (Lipinski definition) is 4. The third-order valence-electron chi connectivity index (χ3n) is 2.70. The van der Waals surface area contributed by atoms with Gasteiger partial charge in [0.25, 0.3) is 5.56 Å². The van der Waals surface area contributed by atoms with E-state index in [-0.39, 0.29) is 11.6 Å². The highest BCUT2D eigenvalue weighted by molar-refractivity contribution is 5.38. The number of nitrogens with zero attached hydrogens (tertiary/aromatic N) is 2. The first-order chi connectivity index (χ1) is 7.08. The van der Waals surface area contributed by atoms with E-state index in [0.717, 1.165) is 17.5 Å². The van der Waals surface area contributed by atoms with Crippen molar-refractivity contribution >= 4 is 5.82 Å². The summed E-state index contributed by atoms with van der Waals surface area (Å²) in [6.45, 7) is 1.47. The maximum atomic E-state index is 11.4. The van der Waals surface area contributed by atoms with Gasteiger partial charge in [-0.05, 0) is 6.42 Å². The molecule has 1 aromatic rings. The lowest BCUT2D eigenvalue weighted by Gasteiger charge is -2.16. The van der Waals surface area contributed by atoms with Crippen LogP contribution in [0.25, 0.3) is 0 Å². The number of nitrogens with two attached hydrogens (primary N) is 1. The Morgan fingerprint density at radius 1 is 1.53 bits per heavy atom. The van der Waals surface area contributed by atoms with Crippen molar-refractivity contribution in [2.24, 2.45) is 12.8 Å². The zero-order valence-corrected chi connectivity index (χ0v) is 8.56. The Morgan fingerprint density at radius 2 is 2.27 bits per heavy atom.